The zero-order chi connectivity index (χ0) is 18.7. The molecule has 3 rings (SSSR count). The largest absolute Gasteiger partial charge is 0.367 e. The number of fused-ring (bicyclic) bond motifs is 1. The molecule has 1 aliphatic rings. The number of para-hydroxylation sites is 1. The second-order valence-electron chi connectivity index (χ2n) is 7.45. The Bertz CT molecular complexity index is 845. The van der Waals surface area contributed by atoms with Crippen molar-refractivity contribution in [1.29, 1.82) is 0 Å². The molecule has 26 heavy (non-hydrogen) atoms. The predicted molar refractivity (Wildman–Crippen MR) is 107 cm³/mol. The minimum Gasteiger partial charge on any atom is -0.367 e. The van der Waals surface area contributed by atoms with Gasteiger partial charge in [0.1, 0.15) is 0 Å². The lowest BCUT2D eigenvalue weighted by atomic mass is 10.0. The molecule has 1 heterocycles. The van der Waals surface area contributed by atoms with Gasteiger partial charge in [-0.3, -0.25) is 0 Å². The smallest absolute Gasteiger partial charge is 0.240 e. The van der Waals surface area contributed by atoms with Crippen LogP contribution < -0.4 is 9.62 Å². The summed E-state index contributed by atoms with van der Waals surface area (Å²) in [4.78, 5) is 2.70. The lowest BCUT2D eigenvalue weighted by molar-refractivity contribution is 0.476. The highest BCUT2D eigenvalue weighted by Crippen LogP contribution is 2.28. The second kappa shape index (κ2) is 7.80. The fourth-order valence-electron chi connectivity index (χ4n) is 3.22. The van der Waals surface area contributed by atoms with Crippen molar-refractivity contribution in [3.8, 4) is 0 Å². The molecule has 0 saturated carbocycles. The monoisotopic (exact) mass is 372 g/mol. The van der Waals surface area contributed by atoms with Crippen LogP contribution in [0.15, 0.2) is 53.4 Å². The first-order chi connectivity index (χ1) is 12.4. The average molecular weight is 373 g/mol. The van der Waals surface area contributed by atoms with Crippen LogP contribution in [-0.4, -0.2) is 21.0 Å². The van der Waals surface area contributed by atoms with Crippen LogP contribution in [-0.2, 0) is 23.0 Å². The summed E-state index contributed by atoms with van der Waals surface area (Å²) < 4.78 is 27.7. The molecule has 5 heteroatoms. The maximum absolute atomic E-state index is 12.5. The molecule has 0 aromatic heterocycles. The van der Waals surface area contributed by atoms with Gasteiger partial charge in [0.05, 0.1) is 4.90 Å². The van der Waals surface area contributed by atoms with Crippen molar-refractivity contribution in [1.82, 2.24) is 4.72 Å². The van der Waals surface area contributed by atoms with E-state index in [1.807, 2.05) is 32.9 Å². The Labute approximate surface area is 157 Å². The standard InChI is InChI=1S/C21H28N2O2S/c1-16(2)17(3)22-26(24,25)20-12-10-18(11-13-20)15-23-14-6-8-19-7-4-5-9-21(19)23/h4-5,7,9-13,16-17,22H,6,8,14-15H2,1-3H3/t17-/m0/s1. The summed E-state index contributed by atoms with van der Waals surface area (Å²) in [6.45, 7) is 7.74. The molecule has 0 saturated heterocycles. The van der Waals surface area contributed by atoms with E-state index in [2.05, 4.69) is 33.9 Å². The normalized spacial score (nSPS) is 15.8. The molecule has 0 aliphatic carbocycles. The third-order valence-electron chi connectivity index (χ3n) is 5.15. The highest BCUT2D eigenvalue weighted by Gasteiger charge is 2.20. The van der Waals surface area contributed by atoms with E-state index < -0.39 is 10.0 Å². The van der Waals surface area contributed by atoms with Gasteiger partial charge >= 0.3 is 0 Å². The number of nitrogens with zero attached hydrogens (tertiary/aromatic N) is 1. The quantitative estimate of drug-likeness (QED) is 0.835. The highest BCUT2D eigenvalue weighted by molar-refractivity contribution is 7.89. The molecule has 140 valence electrons. The van der Waals surface area contributed by atoms with Gasteiger partial charge in [-0.15, -0.1) is 0 Å². The van der Waals surface area contributed by atoms with Gasteiger partial charge in [-0.05, 0) is 55.0 Å². The zero-order valence-electron chi connectivity index (χ0n) is 15.8. The maximum atomic E-state index is 12.5. The van der Waals surface area contributed by atoms with Crippen LogP contribution in [0.5, 0.6) is 0 Å². The van der Waals surface area contributed by atoms with Crippen molar-refractivity contribution >= 4 is 15.7 Å². The summed E-state index contributed by atoms with van der Waals surface area (Å²) in [5.74, 6) is 0.253. The molecule has 4 nitrogen and oxygen atoms in total. The first kappa shape index (κ1) is 18.9. The van der Waals surface area contributed by atoms with Gasteiger partial charge in [0.15, 0.2) is 0 Å². The average Bonchev–Trinajstić information content (AvgIpc) is 2.62. The van der Waals surface area contributed by atoms with Crippen molar-refractivity contribution < 1.29 is 8.42 Å². The van der Waals surface area contributed by atoms with E-state index in [4.69, 9.17) is 0 Å². The van der Waals surface area contributed by atoms with E-state index in [0.29, 0.717) is 4.90 Å². The molecule has 0 amide bonds. The number of sulfonamides is 1. The van der Waals surface area contributed by atoms with Crippen LogP contribution in [0.1, 0.15) is 38.3 Å². The SMILES string of the molecule is CC(C)[C@H](C)NS(=O)(=O)c1ccc(CN2CCCc3ccccc32)cc1. The van der Waals surface area contributed by atoms with E-state index in [0.717, 1.165) is 31.5 Å². The summed E-state index contributed by atoms with van der Waals surface area (Å²) >= 11 is 0. The van der Waals surface area contributed by atoms with Crippen LogP contribution in [0.2, 0.25) is 0 Å². The van der Waals surface area contributed by atoms with Gasteiger partial charge in [-0.1, -0.05) is 44.2 Å². The van der Waals surface area contributed by atoms with Crippen LogP contribution >= 0.6 is 0 Å². The first-order valence-electron chi connectivity index (χ1n) is 9.31. The summed E-state index contributed by atoms with van der Waals surface area (Å²) in [6.07, 6.45) is 2.28. The molecule has 0 unspecified atom stereocenters. The van der Waals surface area contributed by atoms with E-state index in [-0.39, 0.29) is 12.0 Å². The molecule has 0 bridgehead atoms. The maximum Gasteiger partial charge on any atom is 0.240 e. The zero-order valence-corrected chi connectivity index (χ0v) is 16.6. The molecule has 1 N–H and O–H groups in total. The van der Waals surface area contributed by atoms with Gasteiger partial charge in [0.25, 0.3) is 0 Å². The number of hydrogen-bond acceptors (Lipinski definition) is 3. The van der Waals surface area contributed by atoms with Crippen molar-refractivity contribution in [2.45, 2.75) is 51.1 Å². The molecule has 2 aromatic carbocycles. The number of aryl methyl sites for hydroxylation is 1. The van der Waals surface area contributed by atoms with Gasteiger partial charge in [-0.25, -0.2) is 13.1 Å². The Balaban J connectivity index is 1.73. The molecular weight excluding hydrogens is 344 g/mol. The lowest BCUT2D eigenvalue weighted by Gasteiger charge is -2.31. The molecule has 1 aliphatic heterocycles. The first-order valence-corrected chi connectivity index (χ1v) is 10.8. The van der Waals surface area contributed by atoms with Gasteiger partial charge in [0, 0.05) is 24.8 Å². The number of rotatable bonds is 6. The van der Waals surface area contributed by atoms with Crippen molar-refractivity contribution in [3.63, 3.8) is 0 Å². The van der Waals surface area contributed by atoms with Crippen LogP contribution in [0, 0.1) is 5.92 Å². The summed E-state index contributed by atoms with van der Waals surface area (Å²) in [5.41, 5.74) is 3.81. The fourth-order valence-corrected chi connectivity index (χ4v) is 4.61. The van der Waals surface area contributed by atoms with Crippen molar-refractivity contribution in [2.24, 2.45) is 5.92 Å². The molecule has 0 spiro atoms. The van der Waals surface area contributed by atoms with E-state index in [1.165, 1.54) is 11.3 Å². The lowest BCUT2D eigenvalue weighted by Crippen LogP contribution is -2.36. The number of anilines is 1. The molecular formula is C21H28N2O2S. The third-order valence-corrected chi connectivity index (χ3v) is 6.73. The van der Waals surface area contributed by atoms with E-state index >= 15 is 0 Å². The van der Waals surface area contributed by atoms with E-state index in [1.54, 1.807) is 12.1 Å². The predicted octanol–water partition coefficient (Wildman–Crippen LogP) is 3.96. The Morgan fingerprint density at radius 1 is 1.04 bits per heavy atom. The number of hydrogen-bond donors (Lipinski definition) is 1. The molecule has 1 atom stereocenters. The molecule has 0 radical (unpaired) electrons. The summed E-state index contributed by atoms with van der Waals surface area (Å²) in [7, 11) is -3.47. The Morgan fingerprint density at radius 2 is 1.73 bits per heavy atom. The number of nitrogens with one attached hydrogen (secondary N) is 1. The van der Waals surface area contributed by atoms with Gasteiger partial charge in [0.2, 0.25) is 10.0 Å². The van der Waals surface area contributed by atoms with Crippen LogP contribution in [0.3, 0.4) is 0 Å². The minimum atomic E-state index is -3.47. The summed E-state index contributed by atoms with van der Waals surface area (Å²) in [5, 5.41) is 0. The van der Waals surface area contributed by atoms with Gasteiger partial charge < -0.3 is 4.90 Å². The number of benzene rings is 2. The van der Waals surface area contributed by atoms with Crippen LogP contribution in [0.4, 0.5) is 5.69 Å². The molecule has 2 aromatic rings. The minimum absolute atomic E-state index is 0.0930. The Morgan fingerprint density at radius 3 is 2.42 bits per heavy atom. The van der Waals surface area contributed by atoms with Gasteiger partial charge in [-0.2, -0.15) is 0 Å². The second-order valence-corrected chi connectivity index (χ2v) is 9.17. The van der Waals surface area contributed by atoms with E-state index in [9.17, 15) is 8.42 Å². The topological polar surface area (TPSA) is 49.4 Å². The van der Waals surface area contributed by atoms with Crippen molar-refractivity contribution in [2.75, 3.05) is 11.4 Å². The third kappa shape index (κ3) is 4.27. The fraction of sp³-hybridized carbons (Fsp3) is 0.429. The Hall–Kier alpha value is -1.85. The van der Waals surface area contributed by atoms with Crippen molar-refractivity contribution in [3.05, 3.63) is 59.7 Å². The van der Waals surface area contributed by atoms with Crippen LogP contribution in [0.25, 0.3) is 0 Å². The highest BCUT2D eigenvalue weighted by atomic mass is 32.2. The molecule has 0 fully saturated rings. The Kier molecular flexibility index (Phi) is 5.68. The summed E-state index contributed by atoms with van der Waals surface area (Å²) in [6, 6.07) is 15.7.